The van der Waals surface area contributed by atoms with E-state index in [9.17, 15) is 0 Å². The highest BCUT2D eigenvalue weighted by Crippen LogP contribution is 2.23. The predicted octanol–water partition coefficient (Wildman–Crippen LogP) is 2.25. The number of hydrogen-bond acceptors (Lipinski definition) is 1. The molecule has 2 heteroatoms. The first-order valence-electron chi connectivity index (χ1n) is 5.36. The quantitative estimate of drug-likeness (QED) is 0.603. The average molecular weight is 178 g/mol. The topological polar surface area (TPSA) is 17.8 Å². The van der Waals surface area contributed by atoms with Gasteiger partial charge in [0, 0.05) is 12.7 Å². The van der Waals surface area contributed by atoms with Gasteiger partial charge in [-0.1, -0.05) is 13.3 Å². The molecule has 1 aliphatic rings. The molecule has 1 aromatic heterocycles. The Labute approximate surface area is 80.0 Å². The maximum atomic E-state index is 4.57. The largest absolute Gasteiger partial charge is 0.272 e. The van der Waals surface area contributed by atoms with E-state index in [4.69, 9.17) is 0 Å². The summed E-state index contributed by atoms with van der Waals surface area (Å²) in [5.41, 5.74) is 4.39. The average Bonchev–Trinajstić information content (AvgIpc) is 2.38. The van der Waals surface area contributed by atoms with Crippen molar-refractivity contribution in [2.75, 3.05) is 0 Å². The Morgan fingerprint density at radius 1 is 1.23 bits per heavy atom. The van der Waals surface area contributed by atoms with E-state index in [-0.39, 0.29) is 0 Å². The van der Waals surface area contributed by atoms with Gasteiger partial charge in [-0.05, 0) is 37.7 Å². The number of rotatable bonds is 1. The maximum absolute atomic E-state index is 4.57. The summed E-state index contributed by atoms with van der Waals surface area (Å²) in [6, 6.07) is 0. The van der Waals surface area contributed by atoms with Gasteiger partial charge in [0.25, 0.3) is 0 Å². The van der Waals surface area contributed by atoms with Crippen LogP contribution in [-0.4, -0.2) is 9.78 Å². The molecule has 0 amide bonds. The van der Waals surface area contributed by atoms with Crippen molar-refractivity contribution < 1.29 is 0 Å². The third-order valence-electron chi connectivity index (χ3n) is 3.03. The Morgan fingerprint density at radius 3 is 2.77 bits per heavy atom. The molecular formula is C11H18N2. The van der Waals surface area contributed by atoms with Gasteiger partial charge in [-0.15, -0.1) is 0 Å². The van der Waals surface area contributed by atoms with Gasteiger partial charge in [0.05, 0.1) is 5.69 Å². The third kappa shape index (κ3) is 1.50. The Kier molecular flexibility index (Phi) is 2.38. The molecule has 0 bridgehead atoms. The molecule has 0 radical (unpaired) electrons. The van der Waals surface area contributed by atoms with Gasteiger partial charge in [-0.2, -0.15) is 5.10 Å². The Hall–Kier alpha value is -0.790. The summed E-state index contributed by atoms with van der Waals surface area (Å²) in [6.07, 6.45) is 7.66. The molecule has 1 aromatic rings. The van der Waals surface area contributed by atoms with Crippen molar-refractivity contribution in [1.82, 2.24) is 9.78 Å². The highest BCUT2D eigenvalue weighted by Gasteiger charge is 2.16. The van der Waals surface area contributed by atoms with Crippen molar-refractivity contribution >= 4 is 0 Å². The second-order valence-corrected chi connectivity index (χ2v) is 3.91. The van der Waals surface area contributed by atoms with Crippen LogP contribution in [0.5, 0.6) is 0 Å². The molecule has 2 rings (SSSR count). The molecule has 0 saturated carbocycles. The first kappa shape index (κ1) is 8.79. The van der Waals surface area contributed by atoms with Crippen molar-refractivity contribution in [2.24, 2.45) is 7.05 Å². The number of hydrogen-bond donors (Lipinski definition) is 0. The Balaban J connectivity index is 2.42. The fourth-order valence-electron chi connectivity index (χ4n) is 2.32. The monoisotopic (exact) mass is 178 g/mol. The van der Waals surface area contributed by atoms with Crippen LogP contribution in [0.2, 0.25) is 0 Å². The zero-order chi connectivity index (χ0) is 9.26. The van der Waals surface area contributed by atoms with Crippen molar-refractivity contribution in [3.05, 3.63) is 17.0 Å². The van der Waals surface area contributed by atoms with E-state index in [1.165, 1.54) is 43.5 Å². The molecule has 72 valence electrons. The molecule has 0 saturated heterocycles. The molecular weight excluding hydrogens is 160 g/mol. The van der Waals surface area contributed by atoms with Gasteiger partial charge in [0.1, 0.15) is 0 Å². The van der Waals surface area contributed by atoms with Gasteiger partial charge in [-0.25, -0.2) is 0 Å². The first-order chi connectivity index (χ1) is 6.33. The van der Waals surface area contributed by atoms with E-state index < -0.39 is 0 Å². The Morgan fingerprint density at radius 2 is 2.00 bits per heavy atom. The van der Waals surface area contributed by atoms with Crippen LogP contribution in [-0.2, 0) is 26.3 Å². The lowest BCUT2D eigenvalue weighted by Crippen LogP contribution is -1.98. The summed E-state index contributed by atoms with van der Waals surface area (Å²) >= 11 is 0. The van der Waals surface area contributed by atoms with Crippen LogP contribution >= 0.6 is 0 Å². The zero-order valence-electron chi connectivity index (χ0n) is 8.64. The summed E-state index contributed by atoms with van der Waals surface area (Å²) in [5.74, 6) is 0. The Bertz CT molecular complexity index is 299. The highest BCUT2D eigenvalue weighted by atomic mass is 15.3. The minimum absolute atomic E-state index is 1.09. The second-order valence-electron chi connectivity index (χ2n) is 3.91. The van der Waals surface area contributed by atoms with E-state index in [0.29, 0.717) is 0 Å². The minimum atomic E-state index is 1.09. The van der Waals surface area contributed by atoms with Crippen LogP contribution in [0.15, 0.2) is 0 Å². The minimum Gasteiger partial charge on any atom is -0.272 e. The van der Waals surface area contributed by atoms with Crippen molar-refractivity contribution in [3.8, 4) is 0 Å². The molecule has 0 spiro atoms. The molecule has 2 nitrogen and oxygen atoms in total. The van der Waals surface area contributed by atoms with Crippen LogP contribution in [0.3, 0.4) is 0 Å². The summed E-state index contributed by atoms with van der Waals surface area (Å²) in [4.78, 5) is 0. The fourth-order valence-corrected chi connectivity index (χ4v) is 2.32. The van der Waals surface area contributed by atoms with E-state index in [1.807, 2.05) is 0 Å². The zero-order valence-corrected chi connectivity index (χ0v) is 8.64. The number of aromatic nitrogens is 2. The van der Waals surface area contributed by atoms with Crippen LogP contribution in [0.25, 0.3) is 0 Å². The molecule has 0 fully saturated rings. The van der Waals surface area contributed by atoms with Gasteiger partial charge in [0.15, 0.2) is 0 Å². The SMILES string of the molecule is CCc1nn(C)c2c1CCCCC2. The predicted molar refractivity (Wildman–Crippen MR) is 53.8 cm³/mol. The summed E-state index contributed by atoms with van der Waals surface area (Å²) in [7, 11) is 2.09. The van der Waals surface area contributed by atoms with Gasteiger partial charge in [-0.3, -0.25) is 4.68 Å². The summed E-state index contributed by atoms with van der Waals surface area (Å²) < 4.78 is 2.10. The van der Waals surface area contributed by atoms with Crippen LogP contribution in [0, 0.1) is 0 Å². The van der Waals surface area contributed by atoms with Gasteiger partial charge >= 0.3 is 0 Å². The highest BCUT2D eigenvalue weighted by molar-refractivity contribution is 5.27. The molecule has 0 aromatic carbocycles. The maximum Gasteiger partial charge on any atom is 0.0656 e. The van der Waals surface area contributed by atoms with Gasteiger partial charge in [0.2, 0.25) is 0 Å². The summed E-state index contributed by atoms with van der Waals surface area (Å²) in [6.45, 7) is 2.20. The lowest BCUT2D eigenvalue weighted by molar-refractivity contribution is 0.654. The second kappa shape index (κ2) is 3.52. The van der Waals surface area contributed by atoms with E-state index in [0.717, 1.165) is 6.42 Å². The van der Waals surface area contributed by atoms with E-state index in [2.05, 4.69) is 23.8 Å². The molecule has 0 aliphatic heterocycles. The lowest BCUT2D eigenvalue weighted by atomic mass is 10.1. The normalized spacial score (nSPS) is 16.8. The molecule has 13 heavy (non-hydrogen) atoms. The van der Waals surface area contributed by atoms with Crippen LogP contribution in [0.1, 0.15) is 43.1 Å². The summed E-state index contributed by atoms with van der Waals surface area (Å²) in [5, 5.41) is 4.57. The standard InChI is InChI=1S/C11H18N2/c1-3-10-9-7-5-4-6-8-11(9)13(2)12-10/h3-8H2,1-2H3. The van der Waals surface area contributed by atoms with Crippen LogP contribution < -0.4 is 0 Å². The first-order valence-corrected chi connectivity index (χ1v) is 5.36. The fraction of sp³-hybridized carbons (Fsp3) is 0.727. The van der Waals surface area contributed by atoms with E-state index >= 15 is 0 Å². The lowest BCUT2D eigenvalue weighted by Gasteiger charge is -2.00. The smallest absolute Gasteiger partial charge is 0.0656 e. The molecule has 0 N–H and O–H groups in total. The van der Waals surface area contributed by atoms with Crippen LogP contribution in [0.4, 0.5) is 0 Å². The molecule has 1 heterocycles. The molecule has 1 aliphatic carbocycles. The van der Waals surface area contributed by atoms with Crippen molar-refractivity contribution in [2.45, 2.75) is 45.4 Å². The third-order valence-corrected chi connectivity index (χ3v) is 3.03. The van der Waals surface area contributed by atoms with Crippen molar-refractivity contribution in [1.29, 1.82) is 0 Å². The number of aryl methyl sites for hydroxylation is 2. The molecule has 0 atom stereocenters. The van der Waals surface area contributed by atoms with Crippen molar-refractivity contribution in [3.63, 3.8) is 0 Å². The van der Waals surface area contributed by atoms with Gasteiger partial charge < -0.3 is 0 Å². The number of fused-ring (bicyclic) bond motifs is 1. The number of nitrogens with zero attached hydrogens (tertiary/aromatic N) is 2. The van der Waals surface area contributed by atoms with E-state index in [1.54, 1.807) is 5.56 Å². The molecule has 0 unspecified atom stereocenters.